The number of rotatable bonds is 3. The third-order valence-electron chi connectivity index (χ3n) is 2.56. The van der Waals surface area contributed by atoms with Crippen LogP contribution in [0.2, 0.25) is 0 Å². The Bertz CT molecular complexity index is 462. The van der Waals surface area contributed by atoms with Crippen molar-refractivity contribution in [2.45, 2.75) is 25.0 Å². The van der Waals surface area contributed by atoms with Crippen molar-refractivity contribution in [1.29, 1.82) is 0 Å². The monoisotopic (exact) mass is 305 g/mol. The van der Waals surface area contributed by atoms with Crippen molar-refractivity contribution in [3.05, 3.63) is 32.5 Å². The van der Waals surface area contributed by atoms with Crippen LogP contribution in [0.1, 0.15) is 12.8 Å². The van der Waals surface area contributed by atoms with E-state index in [1.54, 1.807) is 0 Å². The minimum atomic E-state index is -0.630. The van der Waals surface area contributed by atoms with Crippen LogP contribution >= 0.6 is 15.9 Å². The zero-order valence-electron chi connectivity index (χ0n) is 8.60. The summed E-state index contributed by atoms with van der Waals surface area (Å²) in [5.74, 6) is -0.724. The van der Waals surface area contributed by atoms with Gasteiger partial charge in [0.15, 0.2) is 5.75 Å². The van der Waals surface area contributed by atoms with E-state index in [2.05, 4.69) is 15.9 Å². The SMILES string of the molecule is O=[N+]([O-])c1cc(Br)c(F)cc1OC1CC(O)C1. The Morgan fingerprint density at radius 2 is 2.18 bits per heavy atom. The van der Waals surface area contributed by atoms with Crippen LogP contribution in [0.4, 0.5) is 10.1 Å². The lowest BCUT2D eigenvalue weighted by atomic mass is 9.92. The molecule has 1 fully saturated rings. The highest BCUT2D eigenvalue weighted by atomic mass is 79.9. The lowest BCUT2D eigenvalue weighted by molar-refractivity contribution is -0.386. The zero-order valence-corrected chi connectivity index (χ0v) is 10.2. The molecule has 0 aromatic heterocycles. The number of aliphatic hydroxyl groups excluding tert-OH is 1. The highest BCUT2D eigenvalue weighted by molar-refractivity contribution is 9.10. The summed E-state index contributed by atoms with van der Waals surface area (Å²) in [6.07, 6.45) is 0.104. The number of hydrogen-bond donors (Lipinski definition) is 1. The minimum absolute atomic E-state index is 0.0187. The first-order valence-electron chi connectivity index (χ1n) is 4.95. The summed E-state index contributed by atoms with van der Waals surface area (Å²) in [6.45, 7) is 0. The molecule has 92 valence electrons. The van der Waals surface area contributed by atoms with E-state index in [0.29, 0.717) is 12.8 Å². The van der Waals surface area contributed by atoms with Crippen LogP contribution < -0.4 is 4.74 Å². The number of nitrogens with zero attached hydrogens (tertiary/aromatic N) is 1. The Labute approximate surface area is 104 Å². The quantitative estimate of drug-likeness (QED) is 0.687. The second-order valence-electron chi connectivity index (χ2n) is 3.86. The molecule has 1 aromatic carbocycles. The maximum atomic E-state index is 13.3. The summed E-state index contributed by atoms with van der Waals surface area (Å²) in [6, 6.07) is 2.05. The molecule has 5 nitrogen and oxygen atoms in total. The number of nitro benzene ring substituents is 1. The lowest BCUT2D eigenvalue weighted by Crippen LogP contribution is -2.37. The molecule has 2 rings (SSSR count). The molecule has 0 atom stereocenters. The van der Waals surface area contributed by atoms with Crippen molar-refractivity contribution >= 4 is 21.6 Å². The van der Waals surface area contributed by atoms with Gasteiger partial charge in [0.2, 0.25) is 0 Å². The van der Waals surface area contributed by atoms with Crippen LogP contribution in [-0.2, 0) is 0 Å². The van der Waals surface area contributed by atoms with Gasteiger partial charge in [0.05, 0.1) is 15.5 Å². The second-order valence-corrected chi connectivity index (χ2v) is 4.71. The van der Waals surface area contributed by atoms with Crippen LogP contribution in [0.5, 0.6) is 5.75 Å². The van der Waals surface area contributed by atoms with Crippen LogP contribution in [0.25, 0.3) is 0 Å². The third-order valence-corrected chi connectivity index (χ3v) is 3.17. The summed E-state index contributed by atoms with van der Waals surface area (Å²) >= 11 is 2.88. The Kier molecular flexibility index (Phi) is 3.30. The standard InChI is InChI=1S/C10H9BrFNO4/c11-7-3-9(13(15)16)10(4-8(7)12)17-6-1-5(14)2-6/h3-6,14H,1-2H2. The summed E-state index contributed by atoms with van der Waals surface area (Å²) in [7, 11) is 0. The average molecular weight is 306 g/mol. The van der Waals surface area contributed by atoms with E-state index in [0.717, 1.165) is 12.1 Å². The van der Waals surface area contributed by atoms with Gasteiger partial charge in [-0.2, -0.15) is 0 Å². The van der Waals surface area contributed by atoms with Crippen LogP contribution in [0.15, 0.2) is 16.6 Å². The molecule has 1 N–H and O–H groups in total. The largest absolute Gasteiger partial charge is 0.483 e. The maximum absolute atomic E-state index is 13.3. The fourth-order valence-corrected chi connectivity index (χ4v) is 1.90. The predicted molar refractivity (Wildman–Crippen MR) is 60.4 cm³/mol. The Morgan fingerprint density at radius 1 is 1.53 bits per heavy atom. The Morgan fingerprint density at radius 3 is 2.71 bits per heavy atom. The number of benzene rings is 1. The van der Waals surface area contributed by atoms with Crippen molar-refractivity contribution in [2.75, 3.05) is 0 Å². The molecule has 7 heteroatoms. The average Bonchev–Trinajstić information content (AvgIpc) is 2.20. The van der Waals surface area contributed by atoms with Gasteiger partial charge in [-0.1, -0.05) is 0 Å². The number of hydrogen-bond acceptors (Lipinski definition) is 4. The van der Waals surface area contributed by atoms with Crippen molar-refractivity contribution < 1.29 is 19.2 Å². The number of nitro groups is 1. The summed E-state index contributed by atoms with van der Waals surface area (Å²) in [5.41, 5.74) is -0.292. The molecular weight excluding hydrogens is 297 g/mol. The molecule has 0 spiro atoms. The Balaban J connectivity index is 2.25. The molecule has 0 aliphatic heterocycles. The molecule has 1 aliphatic rings. The van der Waals surface area contributed by atoms with E-state index in [9.17, 15) is 14.5 Å². The van der Waals surface area contributed by atoms with Gasteiger partial charge < -0.3 is 9.84 Å². The van der Waals surface area contributed by atoms with Gasteiger partial charge in [-0.15, -0.1) is 0 Å². The molecule has 0 heterocycles. The zero-order chi connectivity index (χ0) is 12.6. The van der Waals surface area contributed by atoms with E-state index in [4.69, 9.17) is 9.84 Å². The molecule has 1 aromatic rings. The molecule has 0 unspecified atom stereocenters. The molecule has 17 heavy (non-hydrogen) atoms. The van der Waals surface area contributed by atoms with E-state index in [1.165, 1.54) is 0 Å². The summed E-state index contributed by atoms with van der Waals surface area (Å²) in [5, 5.41) is 19.8. The molecule has 1 saturated carbocycles. The number of halogens is 2. The molecule has 0 bridgehead atoms. The molecule has 0 radical (unpaired) electrons. The highest BCUT2D eigenvalue weighted by Crippen LogP contribution is 2.35. The van der Waals surface area contributed by atoms with Crippen molar-refractivity contribution in [1.82, 2.24) is 0 Å². The highest BCUT2D eigenvalue weighted by Gasteiger charge is 2.31. The predicted octanol–water partition coefficient (Wildman–Crippen LogP) is 2.40. The summed E-state index contributed by atoms with van der Waals surface area (Å²) in [4.78, 5) is 10.1. The molecule has 0 amide bonds. The fraction of sp³-hybridized carbons (Fsp3) is 0.400. The normalized spacial score (nSPS) is 23.0. The molecule has 0 saturated heterocycles. The first-order chi connectivity index (χ1) is 7.97. The number of aliphatic hydroxyl groups is 1. The second kappa shape index (κ2) is 4.58. The van der Waals surface area contributed by atoms with Crippen molar-refractivity contribution in [3.63, 3.8) is 0 Å². The third kappa shape index (κ3) is 2.55. The van der Waals surface area contributed by atoms with Crippen LogP contribution in [-0.4, -0.2) is 22.2 Å². The van der Waals surface area contributed by atoms with E-state index in [1.807, 2.05) is 0 Å². The van der Waals surface area contributed by atoms with E-state index >= 15 is 0 Å². The van der Waals surface area contributed by atoms with Gasteiger partial charge in [-0.25, -0.2) is 4.39 Å². The minimum Gasteiger partial charge on any atom is -0.483 e. The van der Waals surface area contributed by atoms with Crippen LogP contribution in [0, 0.1) is 15.9 Å². The van der Waals surface area contributed by atoms with Crippen molar-refractivity contribution in [3.8, 4) is 5.75 Å². The lowest BCUT2D eigenvalue weighted by Gasteiger charge is -2.31. The van der Waals surface area contributed by atoms with Gasteiger partial charge in [0, 0.05) is 25.0 Å². The van der Waals surface area contributed by atoms with Gasteiger partial charge in [0.1, 0.15) is 11.9 Å². The topological polar surface area (TPSA) is 72.6 Å². The van der Waals surface area contributed by atoms with Gasteiger partial charge in [-0.05, 0) is 15.9 Å². The van der Waals surface area contributed by atoms with Gasteiger partial charge in [-0.3, -0.25) is 10.1 Å². The smallest absolute Gasteiger partial charge is 0.312 e. The molecule has 1 aliphatic carbocycles. The van der Waals surface area contributed by atoms with Crippen LogP contribution in [0.3, 0.4) is 0 Å². The molecular formula is C10H9BrFNO4. The maximum Gasteiger partial charge on any atom is 0.312 e. The van der Waals surface area contributed by atoms with Gasteiger partial charge in [0.25, 0.3) is 0 Å². The number of ether oxygens (including phenoxy) is 1. The van der Waals surface area contributed by atoms with Gasteiger partial charge >= 0.3 is 5.69 Å². The van der Waals surface area contributed by atoms with E-state index < -0.39 is 16.8 Å². The van der Waals surface area contributed by atoms with Crippen molar-refractivity contribution in [2.24, 2.45) is 0 Å². The first-order valence-corrected chi connectivity index (χ1v) is 5.75. The summed E-state index contributed by atoms with van der Waals surface area (Å²) < 4.78 is 18.6. The van der Waals surface area contributed by atoms with E-state index in [-0.39, 0.29) is 22.0 Å². The fourth-order valence-electron chi connectivity index (χ4n) is 1.57. The Hall–Kier alpha value is -1.21. The first kappa shape index (κ1) is 12.3.